The first-order valence-electron chi connectivity index (χ1n) is 9.10. The number of aryl methyl sites for hydroxylation is 2. The average Bonchev–Trinajstić information content (AvgIpc) is 2.97. The Morgan fingerprint density at radius 1 is 1.03 bits per heavy atom. The Bertz CT molecular complexity index is 1080. The fourth-order valence-corrected chi connectivity index (χ4v) is 4.47. The van der Waals surface area contributed by atoms with E-state index < -0.39 is 0 Å². The summed E-state index contributed by atoms with van der Waals surface area (Å²) in [5, 5.41) is 9.06. The predicted octanol–water partition coefficient (Wildman–Crippen LogP) is 5.85. The van der Waals surface area contributed by atoms with Gasteiger partial charge in [-0.1, -0.05) is 27.3 Å². The molecule has 0 atom stereocenters. The van der Waals surface area contributed by atoms with E-state index in [9.17, 15) is 9.59 Å². The first-order valence-corrected chi connectivity index (χ1v) is 10.7. The lowest BCUT2D eigenvalue weighted by molar-refractivity contribution is 0.102. The number of benzene rings is 2. The van der Waals surface area contributed by atoms with Crippen LogP contribution in [0.1, 0.15) is 42.3 Å². The first kappa shape index (κ1) is 21.3. The summed E-state index contributed by atoms with van der Waals surface area (Å²) in [6.07, 6.45) is 0. The molecule has 0 saturated heterocycles. The molecule has 3 rings (SSSR count). The van der Waals surface area contributed by atoms with Gasteiger partial charge in [-0.25, -0.2) is 9.78 Å². The third kappa shape index (κ3) is 5.33. The van der Waals surface area contributed by atoms with Gasteiger partial charge in [-0.15, -0.1) is 0 Å². The molecule has 3 N–H and O–H groups in total. The predicted molar refractivity (Wildman–Crippen MR) is 123 cm³/mol. The summed E-state index contributed by atoms with van der Waals surface area (Å²) < 4.78 is 1.81. The lowest BCUT2D eigenvalue weighted by Gasteiger charge is -2.19. The van der Waals surface area contributed by atoms with E-state index in [1.807, 2.05) is 46.8 Å². The Labute approximate surface area is 182 Å². The van der Waals surface area contributed by atoms with Gasteiger partial charge < -0.3 is 10.6 Å². The molecule has 152 valence electrons. The highest BCUT2D eigenvalue weighted by molar-refractivity contribution is 9.10. The molecular formula is C21H23BrN4O2S. The van der Waals surface area contributed by atoms with Crippen molar-refractivity contribution >= 4 is 60.2 Å². The quantitative estimate of drug-likeness (QED) is 0.445. The number of urea groups is 1. The second kappa shape index (κ2) is 8.12. The third-order valence-electron chi connectivity index (χ3n) is 4.10. The molecule has 0 spiro atoms. The van der Waals surface area contributed by atoms with E-state index in [0.717, 1.165) is 31.5 Å². The van der Waals surface area contributed by atoms with E-state index in [-0.39, 0.29) is 17.5 Å². The van der Waals surface area contributed by atoms with Gasteiger partial charge in [-0.3, -0.25) is 10.1 Å². The minimum atomic E-state index is -0.338. The van der Waals surface area contributed by atoms with Crippen molar-refractivity contribution in [2.45, 2.75) is 40.2 Å². The second-order valence-corrected chi connectivity index (χ2v) is 9.85. The van der Waals surface area contributed by atoms with Gasteiger partial charge >= 0.3 is 6.03 Å². The molecule has 3 amide bonds. The zero-order valence-corrected chi connectivity index (χ0v) is 19.3. The van der Waals surface area contributed by atoms with E-state index in [1.165, 1.54) is 11.3 Å². The van der Waals surface area contributed by atoms with E-state index in [1.54, 1.807) is 18.2 Å². The molecule has 3 aromatic rings. The molecule has 0 aliphatic rings. The summed E-state index contributed by atoms with van der Waals surface area (Å²) in [5.41, 5.74) is 3.71. The number of rotatable bonds is 3. The van der Waals surface area contributed by atoms with Crippen molar-refractivity contribution in [3.63, 3.8) is 0 Å². The zero-order chi connectivity index (χ0) is 21.3. The molecule has 8 heteroatoms. The lowest BCUT2D eigenvalue weighted by atomic mass is 10.1. The molecule has 0 aliphatic carbocycles. The molecule has 2 aromatic carbocycles. The highest BCUT2D eigenvalue weighted by Crippen LogP contribution is 2.29. The number of carbonyl (C=O) groups excluding carboxylic acids is 2. The number of anilines is 2. The van der Waals surface area contributed by atoms with Crippen molar-refractivity contribution in [1.82, 2.24) is 10.3 Å². The van der Waals surface area contributed by atoms with Gasteiger partial charge in [0.15, 0.2) is 5.13 Å². The smallest absolute Gasteiger partial charge is 0.321 e. The van der Waals surface area contributed by atoms with Crippen LogP contribution in [0.3, 0.4) is 0 Å². The molecule has 0 bridgehead atoms. The normalized spacial score (nSPS) is 11.4. The van der Waals surface area contributed by atoms with Gasteiger partial charge in [-0.2, -0.15) is 0 Å². The topological polar surface area (TPSA) is 83.1 Å². The van der Waals surface area contributed by atoms with Crippen molar-refractivity contribution in [3.05, 3.63) is 51.5 Å². The average molecular weight is 475 g/mol. The molecule has 6 nitrogen and oxygen atoms in total. The van der Waals surface area contributed by atoms with Gasteiger partial charge in [-0.05, 0) is 76.1 Å². The fourth-order valence-electron chi connectivity index (χ4n) is 2.88. The summed E-state index contributed by atoms with van der Waals surface area (Å²) in [7, 11) is 0. The molecule has 0 aliphatic heterocycles. The van der Waals surface area contributed by atoms with E-state index in [0.29, 0.717) is 10.7 Å². The highest BCUT2D eigenvalue weighted by Gasteiger charge is 2.16. The minimum Gasteiger partial charge on any atom is -0.333 e. The number of halogens is 1. The molecule has 1 heterocycles. The van der Waals surface area contributed by atoms with Gasteiger partial charge in [0, 0.05) is 21.3 Å². The number of hydrogen-bond acceptors (Lipinski definition) is 4. The Hall–Kier alpha value is -2.45. The van der Waals surface area contributed by atoms with Crippen molar-refractivity contribution in [2.75, 3.05) is 10.6 Å². The Kier molecular flexibility index (Phi) is 5.95. The second-order valence-electron chi connectivity index (χ2n) is 7.90. The molecule has 29 heavy (non-hydrogen) atoms. The number of amides is 3. The van der Waals surface area contributed by atoms with Gasteiger partial charge in [0.2, 0.25) is 0 Å². The van der Waals surface area contributed by atoms with Crippen LogP contribution in [-0.4, -0.2) is 22.5 Å². The highest BCUT2D eigenvalue weighted by atomic mass is 79.9. The van der Waals surface area contributed by atoms with Crippen molar-refractivity contribution in [1.29, 1.82) is 0 Å². The summed E-state index contributed by atoms with van der Waals surface area (Å²) in [4.78, 5) is 29.2. The number of nitrogens with one attached hydrogen (secondary N) is 3. The monoisotopic (exact) mass is 474 g/mol. The number of carbonyl (C=O) groups is 2. The van der Waals surface area contributed by atoms with Crippen LogP contribution < -0.4 is 16.0 Å². The summed E-state index contributed by atoms with van der Waals surface area (Å²) in [5.74, 6) is -0.186. The van der Waals surface area contributed by atoms with Gasteiger partial charge in [0.1, 0.15) is 0 Å². The number of thiazole rings is 1. The van der Waals surface area contributed by atoms with Crippen molar-refractivity contribution in [3.8, 4) is 0 Å². The Balaban J connectivity index is 1.79. The fraction of sp³-hybridized carbons (Fsp3) is 0.286. The number of aromatic nitrogens is 1. The Morgan fingerprint density at radius 3 is 2.31 bits per heavy atom. The van der Waals surface area contributed by atoms with Crippen LogP contribution in [0.4, 0.5) is 15.6 Å². The third-order valence-corrected chi connectivity index (χ3v) is 5.49. The first-order chi connectivity index (χ1) is 13.5. The van der Waals surface area contributed by atoms with Crippen LogP contribution in [0.2, 0.25) is 0 Å². The summed E-state index contributed by atoms with van der Waals surface area (Å²) in [6.45, 7) is 9.64. The maximum Gasteiger partial charge on any atom is 0.321 e. The van der Waals surface area contributed by atoms with Crippen molar-refractivity contribution in [2.24, 2.45) is 0 Å². The van der Waals surface area contributed by atoms with E-state index >= 15 is 0 Å². The van der Waals surface area contributed by atoms with E-state index in [4.69, 9.17) is 0 Å². The van der Waals surface area contributed by atoms with Crippen LogP contribution >= 0.6 is 27.3 Å². The van der Waals surface area contributed by atoms with Gasteiger partial charge in [0.05, 0.1) is 10.2 Å². The zero-order valence-electron chi connectivity index (χ0n) is 16.9. The molecule has 0 radical (unpaired) electrons. The molecular weight excluding hydrogens is 452 g/mol. The molecule has 1 aromatic heterocycles. The Morgan fingerprint density at radius 2 is 1.69 bits per heavy atom. The van der Waals surface area contributed by atoms with Crippen LogP contribution in [0, 0.1) is 13.8 Å². The largest absolute Gasteiger partial charge is 0.333 e. The lowest BCUT2D eigenvalue weighted by Crippen LogP contribution is -2.43. The SMILES string of the molecule is Cc1cc(Br)cc(C)c1NC(=O)c1ccc2nc(NC(=O)NC(C)(C)C)sc2c1. The van der Waals surface area contributed by atoms with Crippen molar-refractivity contribution < 1.29 is 9.59 Å². The number of fused-ring (bicyclic) bond motifs is 1. The maximum atomic E-state index is 12.8. The molecule has 0 unspecified atom stereocenters. The minimum absolute atomic E-state index is 0.186. The number of nitrogens with zero attached hydrogens (tertiary/aromatic N) is 1. The van der Waals surface area contributed by atoms with Crippen LogP contribution in [-0.2, 0) is 0 Å². The molecule has 0 fully saturated rings. The van der Waals surface area contributed by atoms with Crippen LogP contribution in [0.25, 0.3) is 10.2 Å². The van der Waals surface area contributed by atoms with Crippen LogP contribution in [0.5, 0.6) is 0 Å². The van der Waals surface area contributed by atoms with Gasteiger partial charge in [0.25, 0.3) is 5.91 Å². The summed E-state index contributed by atoms with van der Waals surface area (Å²) >= 11 is 4.80. The molecule has 0 saturated carbocycles. The maximum absolute atomic E-state index is 12.8. The standard InChI is InChI=1S/C21H23BrN4O2S/c1-11-8-14(22)9-12(2)17(11)24-18(27)13-6-7-15-16(10-13)29-20(23-15)25-19(28)26-21(3,4)5/h6-10H,1-5H3,(H,24,27)(H2,23,25,26,28). The number of hydrogen-bond donors (Lipinski definition) is 3. The van der Waals surface area contributed by atoms with E-state index in [2.05, 4.69) is 36.9 Å². The van der Waals surface area contributed by atoms with Crippen LogP contribution in [0.15, 0.2) is 34.8 Å². The summed E-state index contributed by atoms with van der Waals surface area (Å²) in [6, 6.07) is 8.94.